The summed E-state index contributed by atoms with van der Waals surface area (Å²) in [6.45, 7) is 3.53. The Bertz CT molecular complexity index is 619. The third kappa shape index (κ3) is 2.22. The molecule has 0 aliphatic carbocycles. The molecular formula is C13H15N5O. The van der Waals surface area contributed by atoms with Crippen LogP contribution in [0.2, 0.25) is 0 Å². The number of aromatic amines is 1. The maximum atomic E-state index is 12.3. The lowest BCUT2D eigenvalue weighted by Gasteiger charge is -2.19. The lowest BCUT2D eigenvalue weighted by atomic mass is 9.98. The molecule has 0 spiro atoms. The fraction of sp³-hybridized carbons (Fsp3) is 0.308. The van der Waals surface area contributed by atoms with Crippen molar-refractivity contribution in [2.45, 2.75) is 19.9 Å². The second-order valence-corrected chi connectivity index (χ2v) is 4.61. The van der Waals surface area contributed by atoms with Crippen LogP contribution in [0, 0.1) is 6.92 Å². The van der Waals surface area contributed by atoms with Crippen LogP contribution in [-0.2, 0) is 13.0 Å². The molecule has 6 nitrogen and oxygen atoms in total. The number of nitrogens with zero attached hydrogens (tertiary/aromatic N) is 2. The normalized spacial score (nSPS) is 13.9. The molecule has 19 heavy (non-hydrogen) atoms. The Balaban J connectivity index is 1.90. The lowest BCUT2D eigenvalue weighted by molar-refractivity contribution is 0.102. The number of H-pyrrole nitrogens is 1. The average molecular weight is 257 g/mol. The summed E-state index contributed by atoms with van der Waals surface area (Å²) < 4.78 is 0. The van der Waals surface area contributed by atoms with E-state index in [1.807, 2.05) is 13.1 Å². The van der Waals surface area contributed by atoms with Crippen LogP contribution in [-0.4, -0.2) is 27.6 Å². The number of nitrogens with one attached hydrogen (secondary N) is 3. The number of pyridine rings is 1. The van der Waals surface area contributed by atoms with E-state index in [0.29, 0.717) is 11.3 Å². The van der Waals surface area contributed by atoms with Gasteiger partial charge in [-0.2, -0.15) is 5.10 Å². The first-order valence-electron chi connectivity index (χ1n) is 6.23. The van der Waals surface area contributed by atoms with E-state index in [0.717, 1.165) is 36.3 Å². The highest BCUT2D eigenvalue weighted by molar-refractivity contribution is 6.05. The van der Waals surface area contributed by atoms with E-state index in [2.05, 4.69) is 25.8 Å². The Hall–Kier alpha value is -2.21. The van der Waals surface area contributed by atoms with Gasteiger partial charge in [0, 0.05) is 18.9 Å². The smallest absolute Gasteiger partial charge is 0.257 e. The third-order valence-electron chi connectivity index (χ3n) is 3.34. The molecular weight excluding hydrogens is 242 g/mol. The second kappa shape index (κ2) is 4.81. The van der Waals surface area contributed by atoms with E-state index in [4.69, 9.17) is 0 Å². The molecule has 3 N–H and O–H groups in total. The quantitative estimate of drug-likeness (QED) is 0.750. The van der Waals surface area contributed by atoms with Gasteiger partial charge < -0.3 is 10.6 Å². The highest BCUT2D eigenvalue weighted by Crippen LogP contribution is 2.19. The van der Waals surface area contributed by atoms with Gasteiger partial charge in [0.15, 0.2) is 0 Å². The number of hydrogen-bond acceptors (Lipinski definition) is 4. The molecule has 0 aromatic carbocycles. The Labute approximate surface area is 110 Å². The number of fused-ring (bicyclic) bond motifs is 1. The van der Waals surface area contributed by atoms with Crippen molar-refractivity contribution in [3.05, 3.63) is 41.0 Å². The van der Waals surface area contributed by atoms with E-state index >= 15 is 0 Å². The molecule has 0 saturated heterocycles. The molecule has 0 atom stereocenters. The van der Waals surface area contributed by atoms with Gasteiger partial charge in [0.25, 0.3) is 5.91 Å². The van der Waals surface area contributed by atoms with E-state index in [1.165, 1.54) is 0 Å². The minimum atomic E-state index is -0.129. The molecule has 3 heterocycles. The third-order valence-corrected chi connectivity index (χ3v) is 3.34. The van der Waals surface area contributed by atoms with Gasteiger partial charge in [0.2, 0.25) is 0 Å². The molecule has 2 aromatic heterocycles. The van der Waals surface area contributed by atoms with Gasteiger partial charge in [-0.3, -0.25) is 14.9 Å². The maximum Gasteiger partial charge on any atom is 0.257 e. The average Bonchev–Trinajstić information content (AvgIpc) is 2.83. The molecule has 1 aliphatic rings. The van der Waals surface area contributed by atoms with Gasteiger partial charge in [0.05, 0.1) is 23.1 Å². The van der Waals surface area contributed by atoms with Crippen LogP contribution in [0.3, 0.4) is 0 Å². The van der Waals surface area contributed by atoms with Crippen LogP contribution in [0.5, 0.6) is 0 Å². The Morgan fingerprint density at radius 1 is 1.37 bits per heavy atom. The summed E-state index contributed by atoms with van der Waals surface area (Å²) in [6.07, 6.45) is 5.92. The Kier molecular flexibility index (Phi) is 3.00. The highest BCUT2D eigenvalue weighted by Gasteiger charge is 2.18. The van der Waals surface area contributed by atoms with Crippen molar-refractivity contribution < 1.29 is 4.79 Å². The van der Waals surface area contributed by atoms with Crippen molar-refractivity contribution in [1.82, 2.24) is 20.5 Å². The Morgan fingerprint density at radius 3 is 3.05 bits per heavy atom. The molecule has 3 rings (SSSR count). The van der Waals surface area contributed by atoms with Crippen LogP contribution >= 0.6 is 0 Å². The van der Waals surface area contributed by atoms with Crippen molar-refractivity contribution in [3.8, 4) is 0 Å². The SMILES string of the molecule is Cc1[nH]ncc1NC(=O)c1cncc2c1CCNC2. The maximum absolute atomic E-state index is 12.3. The van der Waals surface area contributed by atoms with Crippen LogP contribution in [0.1, 0.15) is 27.2 Å². The summed E-state index contributed by atoms with van der Waals surface area (Å²) in [5, 5.41) is 12.8. The van der Waals surface area contributed by atoms with Gasteiger partial charge in [0.1, 0.15) is 0 Å². The molecule has 1 amide bonds. The molecule has 6 heteroatoms. The van der Waals surface area contributed by atoms with E-state index in [1.54, 1.807) is 12.4 Å². The molecule has 0 bridgehead atoms. The van der Waals surface area contributed by atoms with E-state index < -0.39 is 0 Å². The second-order valence-electron chi connectivity index (χ2n) is 4.61. The summed E-state index contributed by atoms with van der Waals surface area (Å²) in [5.41, 5.74) is 4.39. The van der Waals surface area contributed by atoms with E-state index in [9.17, 15) is 4.79 Å². The number of hydrogen-bond donors (Lipinski definition) is 3. The summed E-state index contributed by atoms with van der Waals surface area (Å²) >= 11 is 0. The highest BCUT2D eigenvalue weighted by atomic mass is 16.1. The number of rotatable bonds is 2. The van der Waals surface area contributed by atoms with Crippen LogP contribution < -0.4 is 10.6 Å². The first-order valence-corrected chi connectivity index (χ1v) is 6.23. The van der Waals surface area contributed by atoms with Crippen LogP contribution in [0.15, 0.2) is 18.6 Å². The van der Waals surface area contributed by atoms with Crippen LogP contribution in [0.4, 0.5) is 5.69 Å². The largest absolute Gasteiger partial charge is 0.319 e. The zero-order valence-electron chi connectivity index (χ0n) is 10.7. The summed E-state index contributed by atoms with van der Waals surface area (Å²) in [4.78, 5) is 16.5. The summed E-state index contributed by atoms with van der Waals surface area (Å²) in [6, 6.07) is 0. The standard InChI is InChI=1S/C13H15N5O/c1-8-12(7-16-18-8)17-13(19)11-6-15-5-9-4-14-3-2-10(9)11/h5-7,14H,2-4H2,1H3,(H,16,18)(H,17,19). The topological polar surface area (TPSA) is 82.7 Å². The summed E-state index contributed by atoms with van der Waals surface area (Å²) in [7, 11) is 0. The fourth-order valence-corrected chi connectivity index (χ4v) is 2.28. The number of anilines is 1. The first-order chi connectivity index (χ1) is 9.25. The van der Waals surface area contributed by atoms with Gasteiger partial charge >= 0.3 is 0 Å². The monoisotopic (exact) mass is 257 g/mol. The van der Waals surface area contributed by atoms with Crippen molar-refractivity contribution in [1.29, 1.82) is 0 Å². The number of aromatic nitrogens is 3. The zero-order valence-corrected chi connectivity index (χ0v) is 10.7. The van der Waals surface area contributed by atoms with E-state index in [-0.39, 0.29) is 5.91 Å². The number of carbonyl (C=O) groups excluding carboxylic acids is 1. The van der Waals surface area contributed by atoms with Gasteiger partial charge in [-0.25, -0.2) is 0 Å². The number of aryl methyl sites for hydroxylation is 1. The minimum absolute atomic E-state index is 0.129. The molecule has 0 saturated carbocycles. The molecule has 0 fully saturated rings. The van der Waals surface area contributed by atoms with Crippen molar-refractivity contribution in [2.24, 2.45) is 0 Å². The zero-order chi connectivity index (χ0) is 13.2. The van der Waals surface area contributed by atoms with Crippen LogP contribution in [0.25, 0.3) is 0 Å². The lowest BCUT2D eigenvalue weighted by Crippen LogP contribution is -2.27. The van der Waals surface area contributed by atoms with Crippen molar-refractivity contribution in [3.63, 3.8) is 0 Å². The fourth-order valence-electron chi connectivity index (χ4n) is 2.28. The molecule has 2 aromatic rings. The van der Waals surface area contributed by atoms with Gasteiger partial charge in [-0.1, -0.05) is 0 Å². The predicted octanol–water partition coefficient (Wildman–Crippen LogP) is 1.01. The number of amides is 1. The van der Waals surface area contributed by atoms with Crippen molar-refractivity contribution >= 4 is 11.6 Å². The number of carbonyl (C=O) groups is 1. The summed E-state index contributed by atoms with van der Waals surface area (Å²) in [5.74, 6) is -0.129. The predicted molar refractivity (Wildman–Crippen MR) is 70.9 cm³/mol. The van der Waals surface area contributed by atoms with Crippen molar-refractivity contribution in [2.75, 3.05) is 11.9 Å². The molecule has 0 radical (unpaired) electrons. The minimum Gasteiger partial charge on any atom is -0.319 e. The first kappa shape index (κ1) is 11.9. The molecule has 98 valence electrons. The van der Waals surface area contributed by atoms with Gasteiger partial charge in [-0.05, 0) is 31.0 Å². The Morgan fingerprint density at radius 2 is 2.26 bits per heavy atom. The van der Waals surface area contributed by atoms with Gasteiger partial charge in [-0.15, -0.1) is 0 Å². The molecule has 1 aliphatic heterocycles. The molecule has 0 unspecified atom stereocenters.